The van der Waals surface area contributed by atoms with Crippen molar-refractivity contribution >= 4 is 12.0 Å². The molecule has 0 aromatic rings. The van der Waals surface area contributed by atoms with Crippen LogP contribution < -0.4 is 16.0 Å². The fourth-order valence-corrected chi connectivity index (χ4v) is 1.72. The maximum Gasteiger partial charge on any atom is 0.315 e. The molecule has 1 fully saturated rings. The van der Waals surface area contributed by atoms with Crippen molar-refractivity contribution in [2.45, 2.75) is 57.5 Å². The van der Waals surface area contributed by atoms with Crippen molar-refractivity contribution in [2.24, 2.45) is 0 Å². The van der Waals surface area contributed by atoms with E-state index in [0.717, 1.165) is 13.0 Å². The van der Waals surface area contributed by atoms with E-state index in [1.807, 2.05) is 13.8 Å². The zero-order chi connectivity index (χ0) is 14.3. The first kappa shape index (κ1) is 15.8. The van der Waals surface area contributed by atoms with Crippen LogP contribution in [0, 0.1) is 0 Å². The van der Waals surface area contributed by atoms with Crippen LogP contribution in [0.1, 0.15) is 46.0 Å². The van der Waals surface area contributed by atoms with E-state index in [0.29, 0.717) is 19.0 Å². The topological polar surface area (TPSA) is 90.5 Å². The molecule has 1 aliphatic rings. The SMILES string of the molecule is CC(C)(CCC(=O)O)NC(=O)NCCCNC1CC1. The standard InChI is InChI=1S/C13H25N3O3/c1-13(2,7-6-11(17)18)16-12(19)15-9-3-8-14-10-4-5-10/h10,14H,3-9H2,1-2H3,(H,17,18)(H2,15,16,19). The second kappa shape index (κ2) is 7.33. The van der Waals surface area contributed by atoms with Crippen LogP contribution in [0.25, 0.3) is 0 Å². The molecule has 0 unspecified atom stereocenters. The number of carbonyl (C=O) groups is 2. The van der Waals surface area contributed by atoms with E-state index >= 15 is 0 Å². The van der Waals surface area contributed by atoms with E-state index in [9.17, 15) is 9.59 Å². The van der Waals surface area contributed by atoms with Gasteiger partial charge in [0, 0.05) is 24.5 Å². The Morgan fingerprint density at radius 2 is 1.95 bits per heavy atom. The van der Waals surface area contributed by atoms with Crippen molar-refractivity contribution < 1.29 is 14.7 Å². The molecule has 0 atom stereocenters. The van der Waals surface area contributed by atoms with Crippen LogP contribution in [0.15, 0.2) is 0 Å². The molecule has 6 nitrogen and oxygen atoms in total. The molecule has 4 N–H and O–H groups in total. The molecule has 0 aromatic heterocycles. The Morgan fingerprint density at radius 3 is 2.53 bits per heavy atom. The van der Waals surface area contributed by atoms with Crippen LogP contribution in [0.2, 0.25) is 0 Å². The fraction of sp³-hybridized carbons (Fsp3) is 0.846. The number of amides is 2. The van der Waals surface area contributed by atoms with Gasteiger partial charge >= 0.3 is 12.0 Å². The minimum atomic E-state index is -0.846. The summed E-state index contributed by atoms with van der Waals surface area (Å²) in [5.41, 5.74) is -0.505. The Bertz CT molecular complexity index is 314. The highest BCUT2D eigenvalue weighted by atomic mass is 16.4. The summed E-state index contributed by atoms with van der Waals surface area (Å²) in [5, 5.41) is 17.6. The number of hydrogen-bond acceptors (Lipinski definition) is 3. The van der Waals surface area contributed by atoms with Crippen molar-refractivity contribution in [3.8, 4) is 0 Å². The molecular weight excluding hydrogens is 246 g/mol. The molecule has 1 aliphatic carbocycles. The third kappa shape index (κ3) is 8.42. The third-order valence-corrected chi connectivity index (χ3v) is 3.07. The maximum absolute atomic E-state index is 11.6. The molecule has 1 saturated carbocycles. The number of nitrogens with one attached hydrogen (secondary N) is 3. The average molecular weight is 271 g/mol. The summed E-state index contributed by atoms with van der Waals surface area (Å²) in [6.07, 6.45) is 3.91. The summed E-state index contributed by atoms with van der Waals surface area (Å²) in [6, 6.07) is 0.464. The molecule has 0 aliphatic heterocycles. The molecule has 6 heteroatoms. The first-order chi connectivity index (χ1) is 8.89. The van der Waals surface area contributed by atoms with Gasteiger partial charge in [-0.2, -0.15) is 0 Å². The van der Waals surface area contributed by atoms with E-state index in [2.05, 4.69) is 16.0 Å². The predicted octanol–water partition coefficient (Wildman–Crippen LogP) is 1.07. The van der Waals surface area contributed by atoms with Gasteiger partial charge in [-0.1, -0.05) is 0 Å². The molecule has 2 amide bonds. The van der Waals surface area contributed by atoms with Gasteiger partial charge in [0.1, 0.15) is 0 Å². The third-order valence-electron chi connectivity index (χ3n) is 3.07. The van der Waals surface area contributed by atoms with E-state index in [4.69, 9.17) is 5.11 Å². The summed E-state index contributed by atoms with van der Waals surface area (Å²) in [6.45, 7) is 5.20. The summed E-state index contributed by atoms with van der Waals surface area (Å²) in [7, 11) is 0. The average Bonchev–Trinajstić information content (AvgIpc) is 3.09. The summed E-state index contributed by atoms with van der Waals surface area (Å²) < 4.78 is 0. The molecule has 19 heavy (non-hydrogen) atoms. The zero-order valence-electron chi connectivity index (χ0n) is 11.8. The lowest BCUT2D eigenvalue weighted by atomic mass is 9.99. The second-order valence-electron chi connectivity index (χ2n) is 5.74. The largest absolute Gasteiger partial charge is 0.481 e. The number of carbonyl (C=O) groups excluding carboxylic acids is 1. The van der Waals surface area contributed by atoms with Crippen molar-refractivity contribution in [3.05, 3.63) is 0 Å². The monoisotopic (exact) mass is 271 g/mol. The van der Waals surface area contributed by atoms with Gasteiger partial charge in [-0.05, 0) is 46.1 Å². The molecule has 110 valence electrons. The van der Waals surface area contributed by atoms with E-state index in [1.165, 1.54) is 12.8 Å². The van der Waals surface area contributed by atoms with Crippen molar-refractivity contribution in [1.82, 2.24) is 16.0 Å². The molecule has 1 rings (SSSR count). The minimum absolute atomic E-state index is 0.0542. The Labute approximate surface area is 114 Å². The highest BCUT2D eigenvalue weighted by Gasteiger charge is 2.21. The highest BCUT2D eigenvalue weighted by Crippen LogP contribution is 2.18. The van der Waals surface area contributed by atoms with E-state index in [-0.39, 0.29) is 12.5 Å². The van der Waals surface area contributed by atoms with Crippen LogP contribution >= 0.6 is 0 Å². The van der Waals surface area contributed by atoms with Gasteiger partial charge in [0.15, 0.2) is 0 Å². The fourth-order valence-electron chi connectivity index (χ4n) is 1.72. The Balaban J connectivity index is 2.05. The van der Waals surface area contributed by atoms with Crippen LogP contribution in [-0.4, -0.2) is 41.8 Å². The van der Waals surface area contributed by atoms with Gasteiger partial charge in [0.25, 0.3) is 0 Å². The molecule has 0 bridgehead atoms. The van der Waals surface area contributed by atoms with Gasteiger partial charge < -0.3 is 21.1 Å². The number of hydrogen-bond donors (Lipinski definition) is 4. The Kier molecular flexibility index (Phi) is 6.08. The number of rotatable bonds is 9. The summed E-state index contributed by atoms with van der Waals surface area (Å²) in [4.78, 5) is 22.1. The van der Waals surface area contributed by atoms with Gasteiger partial charge in [-0.25, -0.2) is 4.79 Å². The summed E-state index contributed by atoms with van der Waals surface area (Å²) in [5.74, 6) is -0.846. The number of aliphatic carboxylic acids is 1. The van der Waals surface area contributed by atoms with Crippen molar-refractivity contribution in [3.63, 3.8) is 0 Å². The molecule has 0 aromatic carbocycles. The highest BCUT2D eigenvalue weighted by molar-refractivity contribution is 5.74. The van der Waals surface area contributed by atoms with Crippen LogP contribution in [0.5, 0.6) is 0 Å². The van der Waals surface area contributed by atoms with Crippen molar-refractivity contribution in [1.29, 1.82) is 0 Å². The molecule has 0 spiro atoms. The number of urea groups is 1. The predicted molar refractivity (Wildman–Crippen MR) is 73.1 cm³/mol. The zero-order valence-corrected chi connectivity index (χ0v) is 11.8. The first-order valence-corrected chi connectivity index (χ1v) is 6.90. The van der Waals surface area contributed by atoms with E-state index < -0.39 is 11.5 Å². The van der Waals surface area contributed by atoms with Crippen LogP contribution in [-0.2, 0) is 4.79 Å². The molecule has 0 heterocycles. The van der Waals surface area contributed by atoms with Gasteiger partial charge in [-0.15, -0.1) is 0 Å². The Hall–Kier alpha value is -1.30. The quantitative estimate of drug-likeness (QED) is 0.472. The minimum Gasteiger partial charge on any atom is -0.481 e. The molecular formula is C13H25N3O3. The lowest BCUT2D eigenvalue weighted by molar-refractivity contribution is -0.137. The molecule has 0 saturated heterocycles. The number of carboxylic acid groups (broad SMARTS) is 1. The first-order valence-electron chi connectivity index (χ1n) is 6.90. The van der Waals surface area contributed by atoms with Crippen LogP contribution in [0.4, 0.5) is 4.79 Å². The lowest BCUT2D eigenvalue weighted by Gasteiger charge is -2.25. The lowest BCUT2D eigenvalue weighted by Crippen LogP contribution is -2.48. The maximum atomic E-state index is 11.6. The summed E-state index contributed by atoms with van der Waals surface area (Å²) >= 11 is 0. The van der Waals surface area contributed by atoms with Crippen molar-refractivity contribution in [2.75, 3.05) is 13.1 Å². The van der Waals surface area contributed by atoms with Gasteiger partial charge in [-0.3, -0.25) is 4.79 Å². The van der Waals surface area contributed by atoms with E-state index in [1.54, 1.807) is 0 Å². The number of carboxylic acids is 1. The molecule has 0 radical (unpaired) electrons. The second-order valence-corrected chi connectivity index (χ2v) is 5.74. The van der Waals surface area contributed by atoms with Crippen LogP contribution in [0.3, 0.4) is 0 Å². The normalized spacial score (nSPS) is 15.1. The smallest absolute Gasteiger partial charge is 0.315 e. The van der Waals surface area contributed by atoms with Gasteiger partial charge in [0.2, 0.25) is 0 Å². The van der Waals surface area contributed by atoms with Gasteiger partial charge in [0.05, 0.1) is 0 Å². The Morgan fingerprint density at radius 1 is 1.26 bits per heavy atom.